The summed E-state index contributed by atoms with van der Waals surface area (Å²) in [6.45, 7) is 1.60. The Labute approximate surface area is 139 Å². The molecular weight excluding hydrogens is 308 g/mol. The summed E-state index contributed by atoms with van der Waals surface area (Å²) in [6.07, 6.45) is 8.60. The van der Waals surface area contributed by atoms with Gasteiger partial charge in [-0.25, -0.2) is 9.97 Å². The maximum absolute atomic E-state index is 12.7. The van der Waals surface area contributed by atoms with Crippen molar-refractivity contribution in [3.05, 3.63) is 42.6 Å². The number of β-amino-alcohol motifs (C(OH)–C–C–N with tert-alkyl or cyclic N) is 1. The summed E-state index contributed by atoms with van der Waals surface area (Å²) in [7, 11) is 0. The van der Waals surface area contributed by atoms with Gasteiger partial charge in [0.15, 0.2) is 0 Å². The number of aromatic nitrogens is 3. The molecule has 2 saturated heterocycles. The van der Waals surface area contributed by atoms with Gasteiger partial charge in [-0.15, -0.1) is 0 Å². The molecule has 0 aromatic carbocycles. The molecule has 7 nitrogen and oxygen atoms in total. The summed E-state index contributed by atoms with van der Waals surface area (Å²) in [5.74, 6) is 0.604. The van der Waals surface area contributed by atoms with Crippen LogP contribution in [0.1, 0.15) is 29.6 Å². The van der Waals surface area contributed by atoms with E-state index in [0.717, 1.165) is 12.8 Å². The number of imidazole rings is 1. The molecule has 126 valence electrons. The Bertz CT molecular complexity index is 708. The first-order valence-electron chi connectivity index (χ1n) is 8.24. The molecule has 1 spiro atoms. The molecule has 0 bridgehead atoms. The molecule has 0 aliphatic carbocycles. The summed E-state index contributed by atoms with van der Waals surface area (Å²) in [6, 6.07) is 3.55. The molecule has 4 heterocycles. The zero-order chi connectivity index (χ0) is 16.6. The fourth-order valence-corrected chi connectivity index (χ4v) is 3.56. The predicted octanol–water partition coefficient (Wildman–Crippen LogP) is 1.02. The van der Waals surface area contributed by atoms with E-state index < -0.39 is 11.7 Å². The number of aliphatic hydroxyl groups is 1. The summed E-state index contributed by atoms with van der Waals surface area (Å²) in [4.78, 5) is 22.6. The lowest BCUT2D eigenvalue weighted by molar-refractivity contribution is -0.122. The normalized spacial score (nSPS) is 26.9. The van der Waals surface area contributed by atoms with E-state index in [4.69, 9.17) is 4.74 Å². The van der Waals surface area contributed by atoms with Crippen molar-refractivity contribution in [2.75, 3.05) is 19.7 Å². The first-order valence-corrected chi connectivity index (χ1v) is 8.24. The Morgan fingerprint density at radius 2 is 2.29 bits per heavy atom. The van der Waals surface area contributed by atoms with Gasteiger partial charge in [0.1, 0.15) is 18.2 Å². The molecule has 1 amide bonds. The highest BCUT2D eigenvalue weighted by Crippen LogP contribution is 2.36. The number of carbonyl (C=O) groups excluding carboxylic acids is 1. The van der Waals surface area contributed by atoms with Crippen LogP contribution in [-0.2, 0) is 4.74 Å². The smallest absolute Gasteiger partial charge is 0.255 e. The van der Waals surface area contributed by atoms with E-state index in [-0.39, 0.29) is 5.91 Å². The van der Waals surface area contributed by atoms with Gasteiger partial charge in [-0.05, 0) is 31.4 Å². The third kappa shape index (κ3) is 2.59. The number of aliphatic hydroxyl groups excluding tert-OH is 1. The van der Waals surface area contributed by atoms with Gasteiger partial charge in [-0.1, -0.05) is 0 Å². The first-order chi connectivity index (χ1) is 11.7. The number of nitrogens with zero attached hydrogens (tertiary/aromatic N) is 4. The van der Waals surface area contributed by atoms with Crippen molar-refractivity contribution < 1.29 is 14.6 Å². The Kier molecular flexibility index (Phi) is 3.82. The average Bonchev–Trinajstić information content (AvgIpc) is 3.30. The molecule has 2 aliphatic heterocycles. The van der Waals surface area contributed by atoms with E-state index in [1.165, 1.54) is 0 Å². The van der Waals surface area contributed by atoms with Crippen LogP contribution in [0.3, 0.4) is 0 Å². The summed E-state index contributed by atoms with van der Waals surface area (Å²) < 4.78 is 7.55. The molecule has 2 atom stereocenters. The summed E-state index contributed by atoms with van der Waals surface area (Å²) in [5, 5.41) is 10.4. The lowest BCUT2D eigenvalue weighted by Gasteiger charge is -2.42. The van der Waals surface area contributed by atoms with E-state index in [1.807, 2.05) is 0 Å². The number of piperidine rings is 1. The third-order valence-electron chi connectivity index (χ3n) is 4.99. The van der Waals surface area contributed by atoms with Crippen molar-refractivity contribution in [1.29, 1.82) is 0 Å². The predicted molar refractivity (Wildman–Crippen MR) is 85.8 cm³/mol. The molecule has 4 rings (SSSR count). The van der Waals surface area contributed by atoms with E-state index in [0.29, 0.717) is 37.5 Å². The van der Waals surface area contributed by atoms with E-state index in [1.54, 1.807) is 46.5 Å². The number of amides is 1. The second kappa shape index (κ2) is 5.99. The third-order valence-corrected chi connectivity index (χ3v) is 4.99. The monoisotopic (exact) mass is 328 g/mol. The quantitative estimate of drug-likeness (QED) is 0.890. The molecule has 2 aromatic rings. The second-order valence-corrected chi connectivity index (χ2v) is 6.41. The maximum Gasteiger partial charge on any atom is 0.255 e. The number of hydrogen-bond acceptors (Lipinski definition) is 5. The molecule has 0 unspecified atom stereocenters. The zero-order valence-electron chi connectivity index (χ0n) is 13.3. The Hall–Kier alpha value is -2.25. The topological polar surface area (TPSA) is 80.5 Å². The maximum atomic E-state index is 12.7. The van der Waals surface area contributed by atoms with Crippen LogP contribution in [0.4, 0.5) is 0 Å². The van der Waals surface area contributed by atoms with Gasteiger partial charge in [-0.2, -0.15) is 0 Å². The number of likely N-dealkylation sites (tertiary alicyclic amines) is 1. The number of ether oxygens (including phenoxy) is 1. The number of rotatable bonds is 2. The van der Waals surface area contributed by atoms with Crippen LogP contribution in [0, 0.1) is 0 Å². The van der Waals surface area contributed by atoms with Crippen molar-refractivity contribution in [3.8, 4) is 5.82 Å². The van der Waals surface area contributed by atoms with Crippen LogP contribution in [0.25, 0.3) is 5.82 Å². The van der Waals surface area contributed by atoms with Gasteiger partial charge in [0, 0.05) is 38.3 Å². The van der Waals surface area contributed by atoms with Gasteiger partial charge < -0.3 is 14.7 Å². The van der Waals surface area contributed by atoms with Gasteiger partial charge >= 0.3 is 0 Å². The first kappa shape index (κ1) is 15.3. The van der Waals surface area contributed by atoms with E-state index in [2.05, 4.69) is 9.97 Å². The fraction of sp³-hybridized carbons (Fsp3) is 0.471. The molecule has 2 aliphatic rings. The minimum atomic E-state index is -0.629. The number of pyridine rings is 1. The molecule has 0 saturated carbocycles. The molecule has 0 radical (unpaired) electrons. The van der Waals surface area contributed by atoms with Crippen molar-refractivity contribution >= 4 is 5.91 Å². The standard InChI is InChI=1S/C17H20N4O3/c22-14-11-20(7-5-17(14)4-1-9-24-17)16(23)13-2-3-15(19-10-13)21-8-6-18-12-21/h2-3,6,8,10,12,14,22H,1,4-5,7,9,11H2/t14-,17-/m0/s1. The minimum Gasteiger partial charge on any atom is -0.388 e. The highest BCUT2D eigenvalue weighted by Gasteiger charge is 2.46. The van der Waals surface area contributed by atoms with Crippen molar-refractivity contribution in [1.82, 2.24) is 19.4 Å². The van der Waals surface area contributed by atoms with Crippen LogP contribution in [-0.4, -0.2) is 61.9 Å². The van der Waals surface area contributed by atoms with Gasteiger partial charge in [0.25, 0.3) is 5.91 Å². The van der Waals surface area contributed by atoms with Crippen LogP contribution in [0.5, 0.6) is 0 Å². The molecule has 7 heteroatoms. The second-order valence-electron chi connectivity index (χ2n) is 6.41. The molecule has 24 heavy (non-hydrogen) atoms. The molecule has 2 fully saturated rings. The lowest BCUT2D eigenvalue weighted by atomic mass is 9.86. The van der Waals surface area contributed by atoms with Crippen molar-refractivity contribution in [2.24, 2.45) is 0 Å². The molecule has 1 N–H and O–H groups in total. The van der Waals surface area contributed by atoms with Gasteiger partial charge in [0.05, 0.1) is 11.2 Å². The highest BCUT2D eigenvalue weighted by atomic mass is 16.5. The molecule has 2 aromatic heterocycles. The Morgan fingerprint density at radius 1 is 1.38 bits per heavy atom. The van der Waals surface area contributed by atoms with E-state index in [9.17, 15) is 9.90 Å². The zero-order valence-corrected chi connectivity index (χ0v) is 13.3. The molecular formula is C17H20N4O3. The largest absolute Gasteiger partial charge is 0.388 e. The van der Waals surface area contributed by atoms with Crippen LogP contribution in [0.2, 0.25) is 0 Å². The summed E-state index contributed by atoms with van der Waals surface area (Å²) in [5.41, 5.74) is 0.0784. The van der Waals surface area contributed by atoms with Crippen LogP contribution in [0.15, 0.2) is 37.1 Å². The fourth-order valence-electron chi connectivity index (χ4n) is 3.56. The summed E-state index contributed by atoms with van der Waals surface area (Å²) >= 11 is 0. The Morgan fingerprint density at radius 3 is 2.92 bits per heavy atom. The SMILES string of the molecule is O=C(c1ccc(-n2ccnc2)nc1)N1CC[C@@]2(CCCO2)[C@@H](O)C1. The number of carbonyl (C=O) groups is 1. The van der Waals surface area contributed by atoms with Gasteiger partial charge in [-0.3, -0.25) is 9.36 Å². The average molecular weight is 328 g/mol. The van der Waals surface area contributed by atoms with Crippen LogP contribution < -0.4 is 0 Å². The van der Waals surface area contributed by atoms with Crippen LogP contribution >= 0.6 is 0 Å². The lowest BCUT2D eigenvalue weighted by Crippen LogP contribution is -2.56. The van der Waals surface area contributed by atoms with Crippen molar-refractivity contribution in [2.45, 2.75) is 31.0 Å². The van der Waals surface area contributed by atoms with Gasteiger partial charge in [0.2, 0.25) is 0 Å². The van der Waals surface area contributed by atoms with Crippen molar-refractivity contribution in [3.63, 3.8) is 0 Å². The Balaban J connectivity index is 1.46. The minimum absolute atomic E-state index is 0.105. The van der Waals surface area contributed by atoms with E-state index >= 15 is 0 Å². The number of hydrogen-bond donors (Lipinski definition) is 1. The highest BCUT2D eigenvalue weighted by molar-refractivity contribution is 5.94.